The maximum absolute atomic E-state index is 13.5. The van der Waals surface area contributed by atoms with Crippen LogP contribution in [0.5, 0.6) is 17.2 Å². The van der Waals surface area contributed by atoms with Crippen molar-refractivity contribution >= 4 is 62.2 Å². The number of nitrogens with zero attached hydrogens (tertiary/aromatic N) is 3. The van der Waals surface area contributed by atoms with E-state index in [4.69, 9.17) is 9.47 Å². The van der Waals surface area contributed by atoms with Gasteiger partial charge in [-0.2, -0.15) is 0 Å². The number of aromatic carboxylic acids is 1. The molecule has 0 bridgehead atoms. The Hall–Kier alpha value is -5.69. The number of anilines is 4. The summed E-state index contributed by atoms with van der Waals surface area (Å²) in [6.07, 6.45) is 3.55. The standard InChI is InChI=1S/C36H36N6O6S/c1-36(2,3)21-17-26(31(47-4)27(18-21)40-35-41-29(20-49-35)33(44)45)39-34(46)38-25-11-12-30(24-10-6-5-9-23(24)25)48-22-13-14-37-28(19-22)32(43)42-15-7-8-16-42/h5-6,9-14,17-20H,7-8,15-16H2,1-4H3,(H,40,41)(H,44,45)(H2,38,39,46). The van der Waals surface area contributed by atoms with Crippen molar-refractivity contribution in [1.29, 1.82) is 0 Å². The lowest BCUT2D eigenvalue weighted by atomic mass is 9.86. The zero-order valence-electron chi connectivity index (χ0n) is 27.5. The molecule has 0 atom stereocenters. The summed E-state index contributed by atoms with van der Waals surface area (Å²) < 4.78 is 12.0. The van der Waals surface area contributed by atoms with E-state index in [-0.39, 0.29) is 17.0 Å². The second kappa shape index (κ2) is 13.8. The number of fused-ring (bicyclic) bond motifs is 1. The molecular weight excluding hydrogens is 644 g/mol. The third-order valence-corrected chi connectivity index (χ3v) is 8.83. The Morgan fingerprint density at radius 2 is 1.61 bits per heavy atom. The lowest BCUT2D eigenvalue weighted by Gasteiger charge is -2.24. The van der Waals surface area contributed by atoms with Gasteiger partial charge in [0.05, 0.1) is 24.2 Å². The summed E-state index contributed by atoms with van der Waals surface area (Å²) >= 11 is 1.15. The summed E-state index contributed by atoms with van der Waals surface area (Å²) in [6, 6.07) is 17.6. The lowest BCUT2D eigenvalue weighted by molar-refractivity contribution is 0.0690. The van der Waals surface area contributed by atoms with Gasteiger partial charge in [-0.1, -0.05) is 45.0 Å². The molecule has 3 heterocycles. The Bertz CT molecular complexity index is 2050. The van der Waals surface area contributed by atoms with E-state index in [1.807, 2.05) is 57.2 Å². The first-order chi connectivity index (χ1) is 23.5. The first kappa shape index (κ1) is 33.2. The van der Waals surface area contributed by atoms with Crippen LogP contribution < -0.4 is 25.4 Å². The number of methoxy groups -OCH3 is 1. The smallest absolute Gasteiger partial charge is 0.355 e. The fraction of sp³-hybridized carbons (Fsp3) is 0.250. The minimum atomic E-state index is -1.12. The van der Waals surface area contributed by atoms with Gasteiger partial charge >= 0.3 is 12.0 Å². The molecule has 2 aromatic heterocycles. The largest absolute Gasteiger partial charge is 0.492 e. The van der Waals surface area contributed by atoms with E-state index in [1.165, 1.54) is 12.5 Å². The summed E-state index contributed by atoms with van der Waals surface area (Å²) in [5.41, 5.74) is 2.34. The molecule has 1 aliphatic rings. The predicted molar refractivity (Wildman–Crippen MR) is 190 cm³/mol. The molecule has 3 aromatic carbocycles. The molecule has 5 aromatic rings. The zero-order chi connectivity index (χ0) is 34.7. The molecule has 0 unspecified atom stereocenters. The van der Waals surface area contributed by atoms with Crippen LogP contribution in [0.15, 0.2) is 72.2 Å². The number of amides is 3. The van der Waals surface area contributed by atoms with Gasteiger partial charge in [-0.3, -0.25) is 9.78 Å². The van der Waals surface area contributed by atoms with Crippen LogP contribution in [-0.2, 0) is 5.41 Å². The molecule has 0 saturated carbocycles. The molecule has 3 amide bonds. The van der Waals surface area contributed by atoms with E-state index in [0.717, 1.165) is 53.6 Å². The number of hydrogen-bond donors (Lipinski definition) is 4. The summed E-state index contributed by atoms with van der Waals surface area (Å²) in [4.78, 5) is 48.0. The van der Waals surface area contributed by atoms with Gasteiger partial charge in [0.15, 0.2) is 16.6 Å². The predicted octanol–water partition coefficient (Wildman–Crippen LogP) is 8.11. The van der Waals surface area contributed by atoms with Gasteiger partial charge in [0.1, 0.15) is 17.2 Å². The average molecular weight is 681 g/mol. The molecule has 0 aliphatic carbocycles. The number of thiazole rings is 1. The minimum Gasteiger partial charge on any atom is -0.492 e. The van der Waals surface area contributed by atoms with Crippen molar-refractivity contribution in [2.24, 2.45) is 0 Å². The number of carbonyl (C=O) groups is 3. The van der Waals surface area contributed by atoms with Crippen LogP contribution in [0.2, 0.25) is 0 Å². The Labute approximate surface area is 287 Å². The lowest BCUT2D eigenvalue weighted by Crippen LogP contribution is -2.28. The Kier molecular flexibility index (Phi) is 9.36. The highest BCUT2D eigenvalue weighted by atomic mass is 32.1. The van der Waals surface area contributed by atoms with Crippen LogP contribution >= 0.6 is 11.3 Å². The van der Waals surface area contributed by atoms with Crippen molar-refractivity contribution in [3.8, 4) is 17.2 Å². The number of nitrogens with one attached hydrogen (secondary N) is 3. The van der Waals surface area contributed by atoms with Gasteiger partial charge in [-0.25, -0.2) is 14.6 Å². The van der Waals surface area contributed by atoms with Crippen molar-refractivity contribution < 1.29 is 29.0 Å². The van der Waals surface area contributed by atoms with Gasteiger partial charge in [-0.15, -0.1) is 11.3 Å². The van der Waals surface area contributed by atoms with Crippen molar-refractivity contribution in [2.45, 2.75) is 39.0 Å². The van der Waals surface area contributed by atoms with E-state index >= 15 is 0 Å². The van der Waals surface area contributed by atoms with E-state index < -0.39 is 12.0 Å². The molecule has 49 heavy (non-hydrogen) atoms. The van der Waals surface area contributed by atoms with Crippen molar-refractivity contribution in [3.63, 3.8) is 0 Å². The van der Waals surface area contributed by atoms with Crippen LogP contribution in [0.3, 0.4) is 0 Å². The summed E-state index contributed by atoms with van der Waals surface area (Å²) in [7, 11) is 1.49. The van der Waals surface area contributed by atoms with Gasteiger partial charge in [0, 0.05) is 41.5 Å². The number of carboxylic acid groups (broad SMARTS) is 1. The molecule has 1 saturated heterocycles. The molecule has 0 radical (unpaired) electrons. The zero-order valence-corrected chi connectivity index (χ0v) is 28.3. The van der Waals surface area contributed by atoms with Gasteiger partial charge in [0.2, 0.25) is 0 Å². The second-order valence-electron chi connectivity index (χ2n) is 12.5. The highest BCUT2D eigenvalue weighted by molar-refractivity contribution is 7.14. The number of benzene rings is 3. The van der Waals surface area contributed by atoms with Crippen LogP contribution in [0.4, 0.5) is 27.0 Å². The number of carbonyl (C=O) groups excluding carboxylic acids is 2. The molecule has 6 rings (SSSR count). The van der Waals surface area contributed by atoms with Crippen molar-refractivity contribution in [1.82, 2.24) is 14.9 Å². The van der Waals surface area contributed by atoms with Crippen LogP contribution in [0, 0.1) is 0 Å². The van der Waals surface area contributed by atoms with E-state index in [1.54, 1.807) is 35.4 Å². The molecule has 1 fully saturated rings. The normalized spacial score (nSPS) is 12.9. The topological polar surface area (TPSA) is 155 Å². The number of likely N-dealkylation sites (tertiary alicyclic amines) is 1. The highest BCUT2D eigenvalue weighted by Gasteiger charge is 2.23. The van der Waals surface area contributed by atoms with E-state index in [9.17, 15) is 19.5 Å². The minimum absolute atomic E-state index is 0.0713. The maximum atomic E-state index is 13.5. The Morgan fingerprint density at radius 1 is 0.898 bits per heavy atom. The highest BCUT2D eigenvalue weighted by Crippen LogP contribution is 2.41. The van der Waals surface area contributed by atoms with E-state index in [2.05, 4.69) is 25.9 Å². The number of hydrogen-bond acceptors (Lipinski definition) is 9. The number of urea groups is 1. The van der Waals surface area contributed by atoms with Crippen molar-refractivity contribution in [2.75, 3.05) is 36.1 Å². The van der Waals surface area contributed by atoms with Crippen LogP contribution in [0.25, 0.3) is 10.8 Å². The van der Waals surface area contributed by atoms with Crippen LogP contribution in [0.1, 0.15) is 60.2 Å². The Balaban J connectivity index is 1.25. The molecule has 252 valence electrons. The molecule has 1 aliphatic heterocycles. The Morgan fingerprint density at radius 3 is 2.31 bits per heavy atom. The number of ether oxygens (including phenoxy) is 2. The first-order valence-electron chi connectivity index (χ1n) is 15.7. The summed E-state index contributed by atoms with van der Waals surface area (Å²) in [6.45, 7) is 7.59. The third kappa shape index (κ3) is 7.41. The second-order valence-corrected chi connectivity index (χ2v) is 13.4. The number of rotatable bonds is 9. The van der Waals surface area contributed by atoms with Crippen LogP contribution in [-0.4, -0.2) is 58.1 Å². The summed E-state index contributed by atoms with van der Waals surface area (Å²) in [5, 5.41) is 21.7. The van der Waals surface area contributed by atoms with Gasteiger partial charge in [-0.05, 0) is 54.2 Å². The number of pyridine rings is 1. The first-order valence-corrected chi connectivity index (χ1v) is 16.6. The fourth-order valence-corrected chi connectivity index (χ4v) is 6.25. The fourth-order valence-electron chi connectivity index (χ4n) is 5.56. The number of aromatic nitrogens is 2. The SMILES string of the molecule is COc1c(NC(=O)Nc2ccc(Oc3ccnc(C(=O)N4CCCC4)c3)c3ccccc23)cc(C(C)(C)C)cc1Nc1nc(C(=O)O)cs1. The van der Waals surface area contributed by atoms with E-state index in [0.29, 0.717) is 45.1 Å². The molecule has 0 spiro atoms. The molecular formula is C36H36N6O6S. The summed E-state index contributed by atoms with van der Waals surface area (Å²) in [5.74, 6) is 0.149. The maximum Gasteiger partial charge on any atom is 0.355 e. The third-order valence-electron chi connectivity index (χ3n) is 8.08. The molecule has 4 N–H and O–H groups in total. The van der Waals surface area contributed by atoms with Gasteiger partial charge < -0.3 is 35.4 Å². The molecule has 13 heteroatoms. The quantitative estimate of drug-likeness (QED) is 0.121. The van der Waals surface area contributed by atoms with Gasteiger partial charge in [0.25, 0.3) is 5.91 Å². The monoisotopic (exact) mass is 680 g/mol. The average Bonchev–Trinajstić information content (AvgIpc) is 3.79. The number of carboxylic acids is 1. The van der Waals surface area contributed by atoms with Crippen molar-refractivity contribution in [3.05, 3.63) is 89.2 Å². The molecule has 12 nitrogen and oxygen atoms in total.